The highest BCUT2D eigenvalue weighted by Gasteiger charge is 2.18. The topological polar surface area (TPSA) is 42.4 Å². The Morgan fingerprint density at radius 2 is 1.89 bits per heavy atom. The van der Waals surface area contributed by atoms with Gasteiger partial charge in [-0.25, -0.2) is 4.98 Å². The van der Waals surface area contributed by atoms with Gasteiger partial charge in [0.25, 0.3) is 5.91 Å². The summed E-state index contributed by atoms with van der Waals surface area (Å²) in [6, 6.07) is 18.1. The number of aryl methyl sites for hydroxylation is 1. The van der Waals surface area contributed by atoms with Crippen LogP contribution in [-0.4, -0.2) is 35.5 Å². The third-order valence-corrected chi connectivity index (χ3v) is 5.03. The maximum absolute atomic E-state index is 12.2. The minimum Gasteiger partial charge on any atom is -0.483 e. The third-order valence-electron chi connectivity index (χ3n) is 5.03. The summed E-state index contributed by atoms with van der Waals surface area (Å²) in [5.41, 5.74) is 4.03. The highest BCUT2D eigenvalue weighted by molar-refractivity contribution is 5.82. The summed E-state index contributed by atoms with van der Waals surface area (Å²) in [7, 11) is 0. The molecule has 0 unspecified atom stereocenters. The second-order valence-corrected chi connectivity index (χ2v) is 7.18. The first-order valence-electron chi connectivity index (χ1n) is 9.74. The van der Waals surface area contributed by atoms with Crippen LogP contribution in [0.15, 0.2) is 54.6 Å². The van der Waals surface area contributed by atoms with E-state index in [-0.39, 0.29) is 12.5 Å². The van der Waals surface area contributed by atoms with Crippen molar-refractivity contribution in [2.75, 3.05) is 19.7 Å². The second kappa shape index (κ2) is 8.26. The summed E-state index contributed by atoms with van der Waals surface area (Å²) >= 11 is 0. The fourth-order valence-electron chi connectivity index (χ4n) is 3.48. The Labute approximate surface area is 165 Å². The molecule has 0 bridgehead atoms. The molecule has 0 saturated carbocycles. The molecule has 0 N–H and O–H groups in total. The number of benzene rings is 2. The zero-order chi connectivity index (χ0) is 19.3. The zero-order valence-corrected chi connectivity index (χ0v) is 16.1. The van der Waals surface area contributed by atoms with Crippen molar-refractivity contribution in [3.05, 3.63) is 71.4 Å². The molecule has 1 aliphatic rings. The van der Waals surface area contributed by atoms with Gasteiger partial charge in [-0.2, -0.15) is 0 Å². The van der Waals surface area contributed by atoms with Crippen LogP contribution in [0.3, 0.4) is 0 Å². The molecule has 1 aromatic heterocycles. The van der Waals surface area contributed by atoms with Crippen LogP contribution in [-0.2, 0) is 4.79 Å². The van der Waals surface area contributed by atoms with Gasteiger partial charge in [-0.1, -0.05) is 35.9 Å². The van der Waals surface area contributed by atoms with E-state index in [9.17, 15) is 4.79 Å². The van der Waals surface area contributed by atoms with Crippen molar-refractivity contribution in [3.63, 3.8) is 0 Å². The molecule has 1 aliphatic heterocycles. The van der Waals surface area contributed by atoms with E-state index in [0.29, 0.717) is 5.75 Å². The Morgan fingerprint density at radius 1 is 1.07 bits per heavy atom. The number of pyridine rings is 1. The van der Waals surface area contributed by atoms with Crippen LogP contribution >= 0.6 is 0 Å². The quantitative estimate of drug-likeness (QED) is 0.651. The van der Waals surface area contributed by atoms with Gasteiger partial charge in [0.2, 0.25) is 0 Å². The molecule has 4 nitrogen and oxygen atoms in total. The van der Waals surface area contributed by atoms with E-state index in [0.717, 1.165) is 48.1 Å². The highest BCUT2D eigenvalue weighted by Crippen LogP contribution is 2.22. The van der Waals surface area contributed by atoms with Crippen molar-refractivity contribution in [2.24, 2.45) is 0 Å². The van der Waals surface area contributed by atoms with Gasteiger partial charge >= 0.3 is 0 Å². The van der Waals surface area contributed by atoms with E-state index >= 15 is 0 Å². The van der Waals surface area contributed by atoms with Crippen molar-refractivity contribution in [1.82, 2.24) is 9.88 Å². The van der Waals surface area contributed by atoms with Gasteiger partial charge in [0, 0.05) is 24.0 Å². The Hall–Kier alpha value is -3.14. The number of amides is 1. The first-order chi connectivity index (χ1) is 13.7. The van der Waals surface area contributed by atoms with Crippen LogP contribution in [0.4, 0.5) is 0 Å². The van der Waals surface area contributed by atoms with Crippen molar-refractivity contribution >= 4 is 29.0 Å². The van der Waals surface area contributed by atoms with Crippen LogP contribution in [0.1, 0.15) is 29.7 Å². The van der Waals surface area contributed by atoms with Crippen LogP contribution < -0.4 is 4.74 Å². The summed E-state index contributed by atoms with van der Waals surface area (Å²) in [5.74, 6) is 0.769. The van der Waals surface area contributed by atoms with Crippen LogP contribution in [0.5, 0.6) is 5.75 Å². The first kappa shape index (κ1) is 18.2. The fourth-order valence-corrected chi connectivity index (χ4v) is 3.48. The predicted octanol–water partition coefficient (Wildman–Crippen LogP) is 4.71. The lowest BCUT2D eigenvalue weighted by atomic mass is 10.1. The number of aromatic nitrogens is 1. The van der Waals surface area contributed by atoms with Gasteiger partial charge in [0.15, 0.2) is 6.61 Å². The molecule has 0 radical (unpaired) electrons. The second-order valence-electron chi connectivity index (χ2n) is 7.18. The van der Waals surface area contributed by atoms with Crippen LogP contribution in [0, 0.1) is 6.92 Å². The fraction of sp³-hybridized carbons (Fsp3) is 0.250. The molecular formula is C24H24N2O2. The molecule has 3 aromatic rings. The SMILES string of the molecule is Cc1ccc2nc(/C=C/c3ccccc3OCC(=O)N3CCCC3)ccc2c1. The van der Waals surface area contributed by atoms with E-state index in [1.807, 2.05) is 53.5 Å². The van der Waals surface area contributed by atoms with Crippen molar-refractivity contribution in [2.45, 2.75) is 19.8 Å². The van der Waals surface area contributed by atoms with Gasteiger partial charge in [-0.05, 0) is 56.2 Å². The third kappa shape index (κ3) is 4.22. The summed E-state index contributed by atoms with van der Waals surface area (Å²) in [6.45, 7) is 3.85. The number of carbonyl (C=O) groups is 1. The van der Waals surface area contributed by atoms with E-state index in [4.69, 9.17) is 9.72 Å². The molecule has 1 fully saturated rings. The van der Waals surface area contributed by atoms with Crippen molar-refractivity contribution < 1.29 is 9.53 Å². The summed E-state index contributed by atoms with van der Waals surface area (Å²) < 4.78 is 5.82. The van der Waals surface area contributed by atoms with Gasteiger partial charge in [0.05, 0.1) is 11.2 Å². The average molecular weight is 372 g/mol. The largest absolute Gasteiger partial charge is 0.483 e. The minimum atomic E-state index is 0.0581. The van der Waals surface area contributed by atoms with Crippen molar-refractivity contribution in [1.29, 1.82) is 0 Å². The van der Waals surface area contributed by atoms with Gasteiger partial charge in [-0.3, -0.25) is 4.79 Å². The molecule has 1 saturated heterocycles. The predicted molar refractivity (Wildman–Crippen MR) is 113 cm³/mol. The number of carbonyl (C=O) groups excluding carboxylic acids is 1. The van der Waals surface area contributed by atoms with Gasteiger partial charge < -0.3 is 9.64 Å². The summed E-state index contributed by atoms with van der Waals surface area (Å²) in [5, 5.41) is 1.14. The van der Waals surface area contributed by atoms with E-state index < -0.39 is 0 Å². The molecule has 28 heavy (non-hydrogen) atoms. The number of hydrogen-bond acceptors (Lipinski definition) is 3. The average Bonchev–Trinajstić information content (AvgIpc) is 3.26. The Balaban J connectivity index is 1.48. The van der Waals surface area contributed by atoms with Gasteiger partial charge in [0.1, 0.15) is 5.75 Å². The molecular weight excluding hydrogens is 348 g/mol. The maximum atomic E-state index is 12.2. The molecule has 142 valence electrons. The molecule has 0 atom stereocenters. The number of para-hydroxylation sites is 1. The van der Waals surface area contributed by atoms with E-state index in [1.54, 1.807) is 0 Å². The minimum absolute atomic E-state index is 0.0581. The number of fused-ring (bicyclic) bond motifs is 1. The standard InChI is InChI=1S/C24H24N2O2/c1-18-8-13-22-20(16-18)10-12-21(25-22)11-9-19-6-2-3-7-23(19)28-17-24(27)26-14-4-5-15-26/h2-3,6-13,16H,4-5,14-15,17H2,1H3/b11-9+. The van der Waals surface area contributed by atoms with Crippen LogP contribution in [0.25, 0.3) is 23.1 Å². The zero-order valence-electron chi connectivity index (χ0n) is 16.1. The summed E-state index contributed by atoms with van der Waals surface area (Å²) in [6.07, 6.45) is 6.13. The smallest absolute Gasteiger partial charge is 0.260 e. The monoisotopic (exact) mass is 372 g/mol. The number of ether oxygens (including phenoxy) is 1. The Morgan fingerprint density at radius 3 is 2.75 bits per heavy atom. The number of likely N-dealkylation sites (tertiary alicyclic amines) is 1. The van der Waals surface area contributed by atoms with E-state index in [1.165, 1.54) is 5.56 Å². The van der Waals surface area contributed by atoms with Crippen LogP contribution in [0.2, 0.25) is 0 Å². The molecule has 2 aromatic carbocycles. The maximum Gasteiger partial charge on any atom is 0.260 e. The van der Waals surface area contributed by atoms with Gasteiger partial charge in [-0.15, -0.1) is 0 Å². The molecule has 2 heterocycles. The first-order valence-corrected chi connectivity index (χ1v) is 9.74. The molecule has 1 amide bonds. The lowest BCUT2D eigenvalue weighted by Crippen LogP contribution is -2.32. The Bertz CT molecular complexity index is 1020. The summed E-state index contributed by atoms with van der Waals surface area (Å²) in [4.78, 5) is 18.8. The number of rotatable bonds is 5. The number of hydrogen-bond donors (Lipinski definition) is 0. The lowest BCUT2D eigenvalue weighted by molar-refractivity contribution is -0.132. The van der Waals surface area contributed by atoms with E-state index in [2.05, 4.69) is 25.1 Å². The van der Waals surface area contributed by atoms with Crippen molar-refractivity contribution in [3.8, 4) is 5.75 Å². The lowest BCUT2D eigenvalue weighted by Gasteiger charge is -2.16. The molecule has 4 heteroatoms. The molecule has 0 aliphatic carbocycles. The number of nitrogens with zero attached hydrogens (tertiary/aromatic N) is 2. The highest BCUT2D eigenvalue weighted by atomic mass is 16.5. The molecule has 4 rings (SSSR count). The molecule has 0 spiro atoms. The Kier molecular flexibility index (Phi) is 5.38. The normalized spacial score (nSPS) is 14.1.